The van der Waals surface area contributed by atoms with E-state index in [1.165, 1.54) is 6.92 Å². The molecule has 5 heteroatoms. The summed E-state index contributed by atoms with van der Waals surface area (Å²) in [4.78, 5) is 24.9. The van der Waals surface area contributed by atoms with Gasteiger partial charge in [0.1, 0.15) is 0 Å². The van der Waals surface area contributed by atoms with Crippen LogP contribution in [0.25, 0.3) is 0 Å². The molecule has 2 rings (SSSR count). The first-order valence-corrected chi connectivity index (χ1v) is 6.50. The number of likely N-dealkylation sites (tertiary alicyclic amines) is 1. The quantitative estimate of drug-likeness (QED) is 0.859. The topological polar surface area (TPSA) is 61.4 Å². The van der Waals surface area contributed by atoms with Crippen LogP contribution in [0.2, 0.25) is 0 Å². The van der Waals surface area contributed by atoms with Gasteiger partial charge in [0.2, 0.25) is 5.91 Å². The Kier molecular flexibility index (Phi) is 4.04. The fourth-order valence-corrected chi connectivity index (χ4v) is 2.15. The SMILES string of the molecule is CC(=O)Nc1cc(NC(=O)N2CCCC2)ccc1C. The molecule has 3 amide bonds. The molecule has 0 spiro atoms. The molecule has 1 aromatic rings. The maximum Gasteiger partial charge on any atom is 0.321 e. The van der Waals surface area contributed by atoms with E-state index in [1.807, 2.05) is 19.1 Å². The molecule has 0 saturated carbocycles. The van der Waals surface area contributed by atoms with Crippen molar-refractivity contribution < 1.29 is 9.59 Å². The summed E-state index contributed by atoms with van der Waals surface area (Å²) in [5.41, 5.74) is 2.40. The van der Waals surface area contributed by atoms with Gasteiger partial charge in [-0.2, -0.15) is 0 Å². The molecular formula is C14H19N3O2. The molecule has 0 radical (unpaired) electrons. The van der Waals surface area contributed by atoms with E-state index >= 15 is 0 Å². The highest BCUT2D eigenvalue weighted by Crippen LogP contribution is 2.21. The number of benzene rings is 1. The second kappa shape index (κ2) is 5.73. The van der Waals surface area contributed by atoms with Gasteiger partial charge in [-0.15, -0.1) is 0 Å². The Hall–Kier alpha value is -2.04. The standard InChI is InChI=1S/C14H19N3O2/c1-10-5-6-12(9-13(10)15-11(2)18)16-14(19)17-7-3-4-8-17/h5-6,9H,3-4,7-8H2,1-2H3,(H,15,18)(H,16,19). The van der Waals surface area contributed by atoms with Crippen molar-refractivity contribution in [2.75, 3.05) is 23.7 Å². The van der Waals surface area contributed by atoms with Crippen molar-refractivity contribution >= 4 is 23.3 Å². The van der Waals surface area contributed by atoms with E-state index in [0.29, 0.717) is 5.69 Å². The number of rotatable bonds is 2. The summed E-state index contributed by atoms with van der Waals surface area (Å²) >= 11 is 0. The molecule has 0 bridgehead atoms. The molecule has 19 heavy (non-hydrogen) atoms. The number of urea groups is 1. The molecule has 1 saturated heterocycles. The van der Waals surface area contributed by atoms with Crippen LogP contribution in [0.3, 0.4) is 0 Å². The normalized spacial score (nSPS) is 14.3. The molecule has 5 nitrogen and oxygen atoms in total. The molecule has 0 unspecified atom stereocenters. The predicted octanol–water partition coefficient (Wildman–Crippen LogP) is 2.58. The molecule has 2 N–H and O–H groups in total. The van der Waals surface area contributed by atoms with E-state index in [2.05, 4.69) is 10.6 Å². The third-order valence-corrected chi connectivity index (χ3v) is 3.19. The van der Waals surface area contributed by atoms with E-state index in [-0.39, 0.29) is 11.9 Å². The van der Waals surface area contributed by atoms with Crippen molar-refractivity contribution in [2.45, 2.75) is 26.7 Å². The maximum absolute atomic E-state index is 12.0. The van der Waals surface area contributed by atoms with Crippen molar-refractivity contribution in [3.8, 4) is 0 Å². The Bertz CT molecular complexity index is 493. The number of hydrogen-bond acceptors (Lipinski definition) is 2. The van der Waals surface area contributed by atoms with Crippen LogP contribution < -0.4 is 10.6 Å². The van der Waals surface area contributed by atoms with Gasteiger partial charge < -0.3 is 15.5 Å². The average Bonchev–Trinajstić information content (AvgIpc) is 2.86. The van der Waals surface area contributed by atoms with Gasteiger partial charge >= 0.3 is 6.03 Å². The van der Waals surface area contributed by atoms with E-state index in [1.54, 1.807) is 11.0 Å². The van der Waals surface area contributed by atoms with E-state index < -0.39 is 0 Å². The second-order valence-electron chi connectivity index (χ2n) is 4.84. The molecule has 0 aromatic heterocycles. The van der Waals surface area contributed by atoms with Crippen molar-refractivity contribution in [2.24, 2.45) is 0 Å². The second-order valence-corrected chi connectivity index (χ2v) is 4.84. The zero-order valence-electron chi connectivity index (χ0n) is 11.3. The summed E-state index contributed by atoms with van der Waals surface area (Å²) in [6.45, 7) is 5.01. The lowest BCUT2D eigenvalue weighted by atomic mass is 10.2. The zero-order valence-corrected chi connectivity index (χ0v) is 11.3. The maximum atomic E-state index is 12.0. The van der Waals surface area contributed by atoms with Gasteiger partial charge in [0.15, 0.2) is 0 Å². The van der Waals surface area contributed by atoms with Crippen molar-refractivity contribution in [3.63, 3.8) is 0 Å². The number of carbonyl (C=O) groups excluding carboxylic acids is 2. The molecule has 0 aliphatic carbocycles. The third-order valence-electron chi connectivity index (χ3n) is 3.19. The lowest BCUT2D eigenvalue weighted by Gasteiger charge is -2.17. The Balaban J connectivity index is 2.07. The molecule has 1 aromatic carbocycles. The van der Waals surface area contributed by atoms with Crippen molar-refractivity contribution in [1.82, 2.24) is 4.90 Å². The first-order chi connectivity index (χ1) is 9.06. The van der Waals surface area contributed by atoms with Crippen LogP contribution >= 0.6 is 0 Å². The van der Waals surface area contributed by atoms with Crippen LogP contribution in [0.4, 0.5) is 16.2 Å². The first kappa shape index (κ1) is 13.4. The first-order valence-electron chi connectivity index (χ1n) is 6.50. The molecular weight excluding hydrogens is 242 g/mol. The summed E-state index contributed by atoms with van der Waals surface area (Å²) < 4.78 is 0. The molecule has 1 aliphatic heterocycles. The van der Waals surface area contributed by atoms with Crippen LogP contribution in [-0.4, -0.2) is 29.9 Å². The van der Waals surface area contributed by atoms with Crippen LogP contribution in [0, 0.1) is 6.92 Å². The average molecular weight is 261 g/mol. The van der Waals surface area contributed by atoms with E-state index in [4.69, 9.17) is 0 Å². The van der Waals surface area contributed by atoms with Crippen molar-refractivity contribution in [3.05, 3.63) is 23.8 Å². The number of nitrogens with zero attached hydrogens (tertiary/aromatic N) is 1. The van der Waals surface area contributed by atoms with Gasteiger partial charge in [-0.05, 0) is 37.5 Å². The largest absolute Gasteiger partial charge is 0.326 e. The fourth-order valence-electron chi connectivity index (χ4n) is 2.15. The fraction of sp³-hybridized carbons (Fsp3) is 0.429. The number of hydrogen-bond donors (Lipinski definition) is 2. The van der Waals surface area contributed by atoms with Gasteiger partial charge in [-0.25, -0.2) is 4.79 Å². The lowest BCUT2D eigenvalue weighted by molar-refractivity contribution is -0.114. The van der Waals surface area contributed by atoms with Gasteiger partial charge in [-0.1, -0.05) is 6.07 Å². The summed E-state index contributed by atoms with van der Waals surface area (Å²) in [7, 11) is 0. The van der Waals surface area contributed by atoms with Gasteiger partial charge in [0, 0.05) is 31.4 Å². The van der Waals surface area contributed by atoms with E-state index in [0.717, 1.165) is 37.2 Å². The number of nitrogens with one attached hydrogen (secondary N) is 2. The number of amides is 3. The highest BCUT2D eigenvalue weighted by Gasteiger charge is 2.17. The number of carbonyl (C=O) groups is 2. The third kappa shape index (κ3) is 3.47. The van der Waals surface area contributed by atoms with Crippen LogP contribution in [0.1, 0.15) is 25.3 Å². The Labute approximate surface area is 113 Å². The zero-order chi connectivity index (χ0) is 13.8. The van der Waals surface area contributed by atoms with Crippen LogP contribution in [-0.2, 0) is 4.79 Å². The van der Waals surface area contributed by atoms with Crippen molar-refractivity contribution in [1.29, 1.82) is 0 Å². The summed E-state index contributed by atoms with van der Waals surface area (Å²) in [6.07, 6.45) is 2.14. The monoisotopic (exact) mass is 261 g/mol. The molecule has 0 atom stereocenters. The minimum Gasteiger partial charge on any atom is -0.326 e. The van der Waals surface area contributed by atoms with E-state index in [9.17, 15) is 9.59 Å². The molecule has 1 heterocycles. The number of anilines is 2. The molecule has 1 aliphatic rings. The lowest BCUT2D eigenvalue weighted by Crippen LogP contribution is -2.32. The summed E-state index contributed by atoms with van der Waals surface area (Å²) in [5.74, 6) is -0.119. The molecule has 1 fully saturated rings. The van der Waals surface area contributed by atoms with Gasteiger partial charge in [0.05, 0.1) is 0 Å². The van der Waals surface area contributed by atoms with Crippen LogP contribution in [0.5, 0.6) is 0 Å². The minimum atomic E-state index is -0.119. The van der Waals surface area contributed by atoms with Gasteiger partial charge in [-0.3, -0.25) is 4.79 Å². The Morgan fingerprint density at radius 3 is 2.47 bits per heavy atom. The Morgan fingerprint density at radius 1 is 1.16 bits per heavy atom. The summed E-state index contributed by atoms with van der Waals surface area (Å²) in [5, 5.41) is 5.61. The highest BCUT2D eigenvalue weighted by atomic mass is 16.2. The minimum absolute atomic E-state index is 0.0740. The van der Waals surface area contributed by atoms with Crippen LogP contribution in [0.15, 0.2) is 18.2 Å². The summed E-state index contributed by atoms with van der Waals surface area (Å²) in [6, 6.07) is 5.43. The molecule has 102 valence electrons. The number of aryl methyl sites for hydroxylation is 1. The predicted molar refractivity (Wildman–Crippen MR) is 75.3 cm³/mol. The smallest absolute Gasteiger partial charge is 0.321 e. The Morgan fingerprint density at radius 2 is 1.84 bits per heavy atom. The highest BCUT2D eigenvalue weighted by molar-refractivity contribution is 5.93. The van der Waals surface area contributed by atoms with Gasteiger partial charge in [0.25, 0.3) is 0 Å².